The third kappa shape index (κ3) is 3.67. The second kappa shape index (κ2) is 6.35. The summed E-state index contributed by atoms with van der Waals surface area (Å²) >= 11 is 0. The lowest BCUT2D eigenvalue weighted by Crippen LogP contribution is -2.48. The van der Waals surface area contributed by atoms with E-state index in [-0.39, 0.29) is 17.4 Å². The molecule has 3 nitrogen and oxygen atoms in total. The minimum atomic E-state index is -0.307. The van der Waals surface area contributed by atoms with Crippen LogP contribution in [-0.2, 0) is 0 Å². The third-order valence-corrected chi connectivity index (χ3v) is 3.42. The minimum absolute atomic E-state index is 0.0719. The molecule has 19 heavy (non-hydrogen) atoms. The Morgan fingerprint density at radius 2 is 2.00 bits per heavy atom. The predicted molar refractivity (Wildman–Crippen MR) is 77.1 cm³/mol. The molecule has 0 radical (unpaired) electrons. The van der Waals surface area contributed by atoms with Crippen LogP contribution < -0.4 is 10.1 Å². The highest BCUT2D eigenvalue weighted by atomic mass is 19.1. The van der Waals surface area contributed by atoms with Crippen molar-refractivity contribution in [2.24, 2.45) is 0 Å². The highest BCUT2D eigenvalue weighted by molar-refractivity contribution is 5.32. The van der Waals surface area contributed by atoms with E-state index in [4.69, 9.17) is 4.74 Å². The van der Waals surface area contributed by atoms with Gasteiger partial charge >= 0.3 is 0 Å². The molecule has 0 fully saturated rings. The van der Waals surface area contributed by atoms with Crippen molar-refractivity contribution in [3.63, 3.8) is 0 Å². The maximum atomic E-state index is 14.0. The van der Waals surface area contributed by atoms with Gasteiger partial charge in [-0.15, -0.1) is 0 Å². The first-order chi connectivity index (χ1) is 8.83. The molecule has 4 heteroatoms. The molecule has 1 unspecified atom stereocenters. The Balaban J connectivity index is 3.15. The van der Waals surface area contributed by atoms with Crippen molar-refractivity contribution >= 4 is 0 Å². The summed E-state index contributed by atoms with van der Waals surface area (Å²) in [6.07, 6.45) is 0. The number of ether oxygens (including phenoxy) is 1. The summed E-state index contributed by atoms with van der Waals surface area (Å²) in [5, 5.41) is 3.29. The largest absolute Gasteiger partial charge is 0.491 e. The molecule has 1 atom stereocenters. The van der Waals surface area contributed by atoms with Crippen LogP contribution in [0.5, 0.6) is 5.75 Å². The lowest BCUT2D eigenvalue weighted by molar-refractivity contribution is 0.177. The average molecular weight is 268 g/mol. The molecule has 0 spiro atoms. The maximum absolute atomic E-state index is 14.0. The van der Waals surface area contributed by atoms with Crippen LogP contribution in [0.25, 0.3) is 0 Å². The minimum Gasteiger partial charge on any atom is -0.491 e. The number of halogens is 1. The van der Waals surface area contributed by atoms with Crippen molar-refractivity contribution in [3.8, 4) is 5.75 Å². The average Bonchev–Trinajstić information content (AvgIpc) is 2.32. The molecule has 0 saturated carbocycles. The fourth-order valence-corrected chi connectivity index (χ4v) is 2.46. The summed E-state index contributed by atoms with van der Waals surface area (Å²) in [7, 11) is 5.91. The molecule has 0 heterocycles. The smallest absolute Gasteiger partial charge is 0.165 e. The number of hydrogen-bond donors (Lipinski definition) is 1. The van der Waals surface area contributed by atoms with Crippen molar-refractivity contribution in [2.45, 2.75) is 32.4 Å². The van der Waals surface area contributed by atoms with Crippen molar-refractivity contribution in [1.29, 1.82) is 0 Å². The van der Waals surface area contributed by atoms with Gasteiger partial charge in [-0.25, -0.2) is 4.39 Å². The first kappa shape index (κ1) is 15.9. The van der Waals surface area contributed by atoms with Crippen molar-refractivity contribution < 1.29 is 9.13 Å². The van der Waals surface area contributed by atoms with Gasteiger partial charge in [-0.1, -0.05) is 6.07 Å². The summed E-state index contributed by atoms with van der Waals surface area (Å²) < 4.78 is 19.2. The van der Waals surface area contributed by atoms with E-state index < -0.39 is 0 Å². The van der Waals surface area contributed by atoms with Crippen LogP contribution in [0.2, 0.25) is 0 Å². The molecule has 0 amide bonds. The molecule has 1 rings (SSSR count). The van der Waals surface area contributed by atoms with Crippen LogP contribution in [-0.4, -0.2) is 38.2 Å². The summed E-state index contributed by atoms with van der Waals surface area (Å²) in [5.74, 6) is 0.00382. The summed E-state index contributed by atoms with van der Waals surface area (Å²) in [4.78, 5) is 2.09. The second-order valence-electron chi connectivity index (χ2n) is 5.46. The number of likely N-dealkylation sites (N-methyl/N-ethyl adjacent to an activating group) is 2. The monoisotopic (exact) mass is 268 g/mol. The number of benzene rings is 1. The zero-order valence-corrected chi connectivity index (χ0v) is 12.7. The first-order valence-electron chi connectivity index (χ1n) is 6.61. The molecule has 1 aromatic rings. The Labute approximate surface area is 115 Å². The maximum Gasteiger partial charge on any atom is 0.165 e. The molecule has 0 aliphatic carbocycles. The molecular weight excluding hydrogens is 243 g/mol. The lowest BCUT2D eigenvalue weighted by atomic mass is 9.87. The van der Waals surface area contributed by atoms with Gasteiger partial charge < -0.3 is 15.0 Å². The van der Waals surface area contributed by atoms with E-state index in [0.717, 1.165) is 5.56 Å². The Morgan fingerprint density at radius 1 is 1.37 bits per heavy atom. The molecule has 1 aromatic carbocycles. The van der Waals surface area contributed by atoms with E-state index in [1.165, 1.54) is 0 Å². The zero-order valence-electron chi connectivity index (χ0n) is 12.7. The van der Waals surface area contributed by atoms with Crippen molar-refractivity contribution in [2.75, 3.05) is 27.7 Å². The first-order valence-corrected chi connectivity index (χ1v) is 6.61. The van der Waals surface area contributed by atoms with Gasteiger partial charge in [0.1, 0.15) is 0 Å². The summed E-state index contributed by atoms with van der Waals surface area (Å²) in [5.41, 5.74) is 0.772. The molecule has 0 bridgehead atoms. The van der Waals surface area contributed by atoms with Crippen LogP contribution in [0.3, 0.4) is 0 Å². The molecule has 0 aliphatic rings. The van der Waals surface area contributed by atoms with Crippen LogP contribution >= 0.6 is 0 Å². The Morgan fingerprint density at radius 3 is 2.42 bits per heavy atom. The predicted octanol–water partition coefficient (Wildman–Crippen LogP) is 2.83. The Hall–Kier alpha value is -1.13. The number of hydrogen-bond acceptors (Lipinski definition) is 3. The van der Waals surface area contributed by atoms with Gasteiger partial charge in [0.2, 0.25) is 0 Å². The van der Waals surface area contributed by atoms with E-state index in [0.29, 0.717) is 12.4 Å². The van der Waals surface area contributed by atoms with Crippen molar-refractivity contribution in [3.05, 3.63) is 29.6 Å². The van der Waals surface area contributed by atoms with Crippen LogP contribution in [0.15, 0.2) is 18.2 Å². The molecule has 0 aliphatic heterocycles. The van der Waals surface area contributed by atoms with Crippen molar-refractivity contribution in [1.82, 2.24) is 10.2 Å². The quantitative estimate of drug-likeness (QED) is 0.858. The highest BCUT2D eigenvalue weighted by Gasteiger charge is 2.31. The Bertz CT molecular complexity index is 419. The molecule has 0 saturated heterocycles. The third-order valence-electron chi connectivity index (χ3n) is 3.42. The topological polar surface area (TPSA) is 24.5 Å². The van der Waals surface area contributed by atoms with Crippen LogP contribution in [0, 0.1) is 5.82 Å². The second-order valence-corrected chi connectivity index (χ2v) is 5.46. The number of nitrogens with one attached hydrogen (secondary N) is 1. The normalized spacial score (nSPS) is 13.7. The molecular formula is C15H25FN2O. The molecule has 1 N–H and O–H groups in total. The fraction of sp³-hybridized carbons (Fsp3) is 0.600. The molecule has 0 aromatic heterocycles. The lowest BCUT2D eigenvalue weighted by Gasteiger charge is -2.39. The van der Waals surface area contributed by atoms with Gasteiger partial charge in [-0.2, -0.15) is 0 Å². The van der Waals surface area contributed by atoms with E-state index in [9.17, 15) is 4.39 Å². The SMILES string of the molecule is CCOc1ccc(C(N(C)C)C(C)(C)NC)cc1F. The fourth-order valence-electron chi connectivity index (χ4n) is 2.46. The van der Waals surface area contributed by atoms with E-state index in [2.05, 4.69) is 24.1 Å². The highest BCUT2D eigenvalue weighted by Crippen LogP contribution is 2.32. The molecule has 108 valence electrons. The standard InChI is InChI=1S/C15H25FN2O/c1-7-19-13-9-8-11(10-12(13)16)14(18(5)6)15(2,3)17-4/h8-10,14,17H,7H2,1-6H3. The van der Waals surface area contributed by atoms with Crippen LogP contribution in [0.4, 0.5) is 4.39 Å². The number of rotatable bonds is 6. The zero-order chi connectivity index (χ0) is 14.6. The number of nitrogens with zero attached hydrogens (tertiary/aromatic N) is 1. The van der Waals surface area contributed by atoms with E-state index in [1.807, 2.05) is 34.1 Å². The Kier molecular flexibility index (Phi) is 5.32. The van der Waals surface area contributed by atoms with Gasteiger partial charge in [-0.05, 0) is 59.6 Å². The van der Waals surface area contributed by atoms with Gasteiger partial charge in [0.15, 0.2) is 11.6 Å². The van der Waals surface area contributed by atoms with E-state index in [1.54, 1.807) is 12.1 Å². The summed E-state index contributed by atoms with van der Waals surface area (Å²) in [6, 6.07) is 5.27. The summed E-state index contributed by atoms with van der Waals surface area (Å²) in [6.45, 7) is 6.52. The van der Waals surface area contributed by atoms with E-state index >= 15 is 0 Å². The van der Waals surface area contributed by atoms with Gasteiger partial charge in [0.25, 0.3) is 0 Å². The van der Waals surface area contributed by atoms with Gasteiger partial charge in [-0.3, -0.25) is 0 Å². The van der Waals surface area contributed by atoms with Crippen LogP contribution in [0.1, 0.15) is 32.4 Å². The van der Waals surface area contributed by atoms with Gasteiger partial charge in [0.05, 0.1) is 12.6 Å². The van der Waals surface area contributed by atoms with Gasteiger partial charge in [0, 0.05) is 5.54 Å².